The number of para-hydroxylation sites is 1. The van der Waals surface area contributed by atoms with Crippen LogP contribution in [0.3, 0.4) is 0 Å². The van der Waals surface area contributed by atoms with E-state index in [9.17, 15) is 9.59 Å². The Morgan fingerprint density at radius 1 is 1.33 bits per heavy atom. The Hall–Kier alpha value is -2.70. The number of hydrogen-bond donors (Lipinski definition) is 2. The first-order valence-corrected chi connectivity index (χ1v) is 5.11. The third kappa shape index (κ3) is 2.05. The van der Waals surface area contributed by atoms with Gasteiger partial charge in [-0.15, -0.1) is 5.10 Å². The summed E-state index contributed by atoms with van der Waals surface area (Å²) >= 11 is 0. The van der Waals surface area contributed by atoms with Crippen molar-refractivity contribution in [1.82, 2.24) is 14.8 Å². The Labute approximate surface area is 101 Å². The molecule has 0 aliphatic rings. The zero-order valence-electron chi connectivity index (χ0n) is 9.49. The molecule has 18 heavy (non-hydrogen) atoms. The SMILES string of the molecule is C/C(=N\O)c1nn(-c2ccccc2)c(=O)c(=O)[nH]1. The molecule has 2 rings (SSSR count). The van der Waals surface area contributed by atoms with Gasteiger partial charge in [0.1, 0.15) is 5.71 Å². The topological polar surface area (TPSA) is 100 Å². The summed E-state index contributed by atoms with van der Waals surface area (Å²) in [5.41, 5.74) is -1.06. The molecule has 0 amide bonds. The number of oxime groups is 1. The van der Waals surface area contributed by atoms with Crippen molar-refractivity contribution < 1.29 is 5.21 Å². The molecule has 0 atom stereocenters. The Bertz CT molecular complexity index is 700. The summed E-state index contributed by atoms with van der Waals surface area (Å²) in [5.74, 6) is 0.0333. The zero-order valence-corrected chi connectivity index (χ0v) is 9.49. The minimum absolute atomic E-state index is 0.0333. The van der Waals surface area contributed by atoms with Gasteiger partial charge in [-0.2, -0.15) is 4.68 Å². The van der Waals surface area contributed by atoms with Crippen LogP contribution in [0.1, 0.15) is 12.7 Å². The molecule has 0 fully saturated rings. The predicted octanol–water partition coefficient (Wildman–Crippen LogP) is 0.119. The second-order valence-electron chi connectivity index (χ2n) is 3.54. The lowest BCUT2D eigenvalue weighted by atomic mass is 10.3. The molecule has 0 saturated carbocycles. The van der Waals surface area contributed by atoms with Crippen LogP contribution >= 0.6 is 0 Å². The average molecular weight is 246 g/mol. The van der Waals surface area contributed by atoms with Crippen LogP contribution in [0.15, 0.2) is 45.1 Å². The number of rotatable bonds is 2. The second-order valence-corrected chi connectivity index (χ2v) is 3.54. The summed E-state index contributed by atoms with van der Waals surface area (Å²) in [4.78, 5) is 25.4. The summed E-state index contributed by atoms with van der Waals surface area (Å²) in [5, 5.41) is 15.5. The Kier molecular flexibility index (Phi) is 3.05. The van der Waals surface area contributed by atoms with Crippen LogP contribution in [0.4, 0.5) is 0 Å². The van der Waals surface area contributed by atoms with Gasteiger partial charge in [0.2, 0.25) is 0 Å². The van der Waals surface area contributed by atoms with E-state index in [2.05, 4.69) is 15.2 Å². The molecule has 2 N–H and O–H groups in total. The molecule has 0 radical (unpaired) electrons. The third-order valence-corrected chi connectivity index (χ3v) is 2.31. The van der Waals surface area contributed by atoms with E-state index in [1.54, 1.807) is 30.3 Å². The van der Waals surface area contributed by atoms with Crippen molar-refractivity contribution in [3.8, 4) is 5.69 Å². The maximum absolute atomic E-state index is 11.7. The number of aromatic nitrogens is 3. The minimum atomic E-state index is -0.827. The first-order chi connectivity index (χ1) is 8.63. The van der Waals surface area contributed by atoms with Gasteiger partial charge in [-0.25, -0.2) is 0 Å². The van der Waals surface area contributed by atoms with Gasteiger partial charge in [0.15, 0.2) is 5.82 Å². The standard InChI is InChI=1S/C11H10N4O3/c1-7(14-18)9-12-10(16)11(17)15(13-9)8-5-3-2-4-6-8/h2-6,18H,1H3,(H,12,13,16)/b14-7+. The van der Waals surface area contributed by atoms with Crippen molar-refractivity contribution in [2.24, 2.45) is 5.16 Å². The van der Waals surface area contributed by atoms with Crippen molar-refractivity contribution in [1.29, 1.82) is 0 Å². The second kappa shape index (κ2) is 4.66. The van der Waals surface area contributed by atoms with E-state index >= 15 is 0 Å². The first kappa shape index (κ1) is 11.8. The summed E-state index contributed by atoms with van der Waals surface area (Å²) in [7, 11) is 0. The smallest absolute Gasteiger partial charge is 0.337 e. The number of nitrogens with zero attached hydrogens (tertiary/aromatic N) is 3. The van der Waals surface area contributed by atoms with Gasteiger partial charge in [0.25, 0.3) is 0 Å². The van der Waals surface area contributed by atoms with Crippen LogP contribution in [0.25, 0.3) is 5.69 Å². The molecule has 0 unspecified atom stereocenters. The van der Waals surface area contributed by atoms with Crippen molar-refractivity contribution in [3.05, 3.63) is 56.9 Å². The van der Waals surface area contributed by atoms with Gasteiger partial charge in [-0.1, -0.05) is 23.4 Å². The lowest BCUT2D eigenvalue weighted by molar-refractivity contribution is 0.318. The van der Waals surface area contributed by atoms with Gasteiger partial charge in [0.05, 0.1) is 5.69 Å². The van der Waals surface area contributed by atoms with Crippen LogP contribution < -0.4 is 11.1 Å². The molecule has 7 nitrogen and oxygen atoms in total. The van der Waals surface area contributed by atoms with Crippen molar-refractivity contribution in [3.63, 3.8) is 0 Å². The summed E-state index contributed by atoms with van der Waals surface area (Å²) < 4.78 is 0.961. The maximum atomic E-state index is 11.7. The van der Waals surface area contributed by atoms with Crippen molar-refractivity contribution in [2.75, 3.05) is 0 Å². The molecule has 0 aliphatic carbocycles. The average Bonchev–Trinajstić information content (AvgIpc) is 2.41. The molecule has 1 heterocycles. The molecule has 0 bridgehead atoms. The minimum Gasteiger partial charge on any atom is -0.411 e. The Morgan fingerprint density at radius 3 is 2.61 bits per heavy atom. The summed E-state index contributed by atoms with van der Waals surface area (Å²) in [6.07, 6.45) is 0. The van der Waals surface area contributed by atoms with Crippen molar-refractivity contribution >= 4 is 5.71 Å². The lowest BCUT2D eigenvalue weighted by Gasteiger charge is -2.05. The molecular weight excluding hydrogens is 236 g/mol. The Morgan fingerprint density at radius 2 is 2.00 bits per heavy atom. The molecule has 2 aromatic rings. The predicted molar refractivity (Wildman–Crippen MR) is 64.5 cm³/mol. The van der Waals surface area contributed by atoms with E-state index in [0.29, 0.717) is 5.69 Å². The third-order valence-electron chi connectivity index (χ3n) is 2.31. The molecule has 0 aliphatic heterocycles. The van der Waals surface area contributed by atoms with Crippen LogP contribution in [0, 0.1) is 0 Å². The van der Waals surface area contributed by atoms with E-state index < -0.39 is 11.1 Å². The van der Waals surface area contributed by atoms with Gasteiger partial charge < -0.3 is 5.21 Å². The fourth-order valence-electron chi connectivity index (χ4n) is 1.38. The lowest BCUT2D eigenvalue weighted by Crippen LogP contribution is -2.39. The fraction of sp³-hybridized carbons (Fsp3) is 0.0909. The highest BCUT2D eigenvalue weighted by Gasteiger charge is 2.09. The zero-order chi connectivity index (χ0) is 13.1. The first-order valence-electron chi connectivity index (χ1n) is 5.11. The highest BCUT2D eigenvalue weighted by atomic mass is 16.4. The van der Waals surface area contributed by atoms with Crippen LogP contribution in [-0.2, 0) is 0 Å². The van der Waals surface area contributed by atoms with Crippen LogP contribution in [-0.4, -0.2) is 25.7 Å². The molecule has 0 spiro atoms. The molecular formula is C11H10N4O3. The number of nitrogens with one attached hydrogen (secondary N) is 1. The fourth-order valence-corrected chi connectivity index (χ4v) is 1.38. The van der Waals surface area contributed by atoms with Gasteiger partial charge >= 0.3 is 11.1 Å². The van der Waals surface area contributed by atoms with Crippen molar-refractivity contribution in [2.45, 2.75) is 6.92 Å². The molecule has 1 aromatic carbocycles. The highest BCUT2D eigenvalue weighted by molar-refractivity contribution is 5.94. The molecule has 1 aromatic heterocycles. The van der Waals surface area contributed by atoms with E-state index in [1.807, 2.05) is 0 Å². The maximum Gasteiger partial charge on any atom is 0.337 e. The van der Waals surface area contributed by atoms with E-state index in [1.165, 1.54) is 6.92 Å². The summed E-state index contributed by atoms with van der Waals surface area (Å²) in [6.45, 7) is 1.46. The normalized spacial score (nSPS) is 11.5. The van der Waals surface area contributed by atoms with Gasteiger partial charge in [0, 0.05) is 0 Å². The van der Waals surface area contributed by atoms with E-state index in [-0.39, 0.29) is 11.5 Å². The number of H-pyrrole nitrogens is 1. The quantitative estimate of drug-likeness (QED) is 0.340. The largest absolute Gasteiger partial charge is 0.411 e. The van der Waals surface area contributed by atoms with Gasteiger partial charge in [-0.05, 0) is 19.1 Å². The van der Waals surface area contributed by atoms with E-state index in [4.69, 9.17) is 5.21 Å². The van der Waals surface area contributed by atoms with Crippen LogP contribution in [0.2, 0.25) is 0 Å². The highest BCUT2D eigenvalue weighted by Crippen LogP contribution is 2.01. The molecule has 7 heteroatoms. The van der Waals surface area contributed by atoms with Crippen LogP contribution in [0.5, 0.6) is 0 Å². The number of benzene rings is 1. The molecule has 92 valence electrons. The summed E-state index contributed by atoms with van der Waals surface area (Å²) in [6, 6.07) is 8.50. The van der Waals surface area contributed by atoms with Gasteiger partial charge in [-0.3, -0.25) is 14.6 Å². The number of aromatic amines is 1. The monoisotopic (exact) mass is 246 g/mol. The Balaban J connectivity index is 2.72. The molecule has 0 saturated heterocycles. The van der Waals surface area contributed by atoms with E-state index in [0.717, 1.165) is 4.68 Å². The number of hydrogen-bond acceptors (Lipinski definition) is 5.